The molecule has 1 aliphatic rings. The number of hydrogen-bond acceptors (Lipinski definition) is 4. The molecule has 6 heteroatoms. The highest BCUT2D eigenvalue weighted by atomic mass is 16.5. The molecule has 0 bridgehead atoms. The summed E-state index contributed by atoms with van der Waals surface area (Å²) in [6.07, 6.45) is 0.0755. The molecule has 0 saturated carbocycles. The van der Waals surface area contributed by atoms with Crippen molar-refractivity contribution in [2.24, 2.45) is 0 Å². The predicted molar refractivity (Wildman–Crippen MR) is 66.2 cm³/mol. The molecule has 3 rings (SSSR count). The van der Waals surface area contributed by atoms with E-state index in [1.54, 1.807) is 0 Å². The smallest absolute Gasteiger partial charge is 0.328 e. The summed E-state index contributed by atoms with van der Waals surface area (Å²) in [5.74, 6) is -0.931. The lowest BCUT2D eigenvalue weighted by Crippen LogP contribution is -2.33. The van der Waals surface area contributed by atoms with Gasteiger partial charge in [-0.25, -0.2) is 4.79 Å². The van der Waals surface area contributed by atoms with Crippen LogP contribution in [0.1, 0.15) is 23.5 Å². The van der Waals surface area contributed by atoms with E-state index in [-0.39, 0.29) is 17.9 Å². The molecule has 96 valence electrons. The predicted octanol–water partition coefficient (Wildman–Crippen LogP) is 0.504. The van der Waals surface area contributed by atoms with Gasteiger partial charge in [-0.05, 0) is 5.56 Å². The normalized spacial score (nSPS) is 17.7. The quantitative estimate of drug-likeness (QED) is 0.729. The van der Waals surface area contributed by atoms with Gasteiger partial charge in [-0.3, -0.25) is 19.6 Å². The van der Waals surface area contributed by atoms with Gasteiger partial charge in [0.05, 0.1) is 12.0 Å². The van der Waals surface area contributed by atoms with Crippen molar-refractivity contribution in [2.45, 2.75) is 12.3 Å². The van der Waals surface area contributed by atoms with Crippen molar-refractivity contribution < 1.29 is 9.53 Å². The van der Waals surface area contributed by atoms with E-state index in [9.17, 15) is 14.4 Å². The lowest BCUT2D eigenvalue weighted by atomic mass is 9.88. The Balaban J connectivity index is 2.23. The molecule has 19 heavy (non-hydrogen) atoms. The summed E-state index contributed by atoms with van der Waals surface area (Å²) in [5.41, 5.74) is -0.103. The number of fused-ring (bicyclic) bond motifs is 1. The summed E-state index contributed by atoms with van der Waals surface area (Å²) in [6, 6.07) is 9.17. The van der Waals surface area contributed by atoms with E-state index in [0.717, 1.165) is 5.56 Å². The van der Waals surface area contributed by atoms with Gasteiger partial charge in [0.25, 0.3) is 5.56 Å². The molecule has 0 radical (unpaired) electrons. The molecule has 1 aromatic heterocycles. The Bertz CT molecular complexity index is 745. The number of rotatable bonds is 1. The first kappa shape index (κ1) is 11.5. The zero-order valence-corrected chi connectivity index (χ0v) is 9.80. The van der Waals surface area contributed by atoms with Crippen LogP contribution >= 0.6 is 0 Å². The summed E-state index contributed by atoms with van der Waals surface area (Å²) in [5, 5.41) is 0. The summed E-state index contributed by atoms with van der Waals surface area (Å²) in [7, 11) is 0. The van der Waals surface area contributed by atoms with Gasteiger partial charge in [-0.1, -0.05) is 30.3 Å². The molecule has 1 aliphatic heterocycles. The van der Waals surface area contributed by atoms with E-state index < -0.39 is 23.1 Å². The zero-order chi connectivity index (χ0) is 13.4. The number of ether oxygens (including phenoxy) is 1. The molecular weight excluding hydrogens is 248 g/mol. The van der Waals surface area contributed by atoms with Crippen LogP contribution in [0.5, 0.6) is 5.88 Å². The van der Waals surface area contributed by atoms with Crippen LogP contribution in [-0.2, 0) is 4.79 Å². The number of carbonyl (C=O) groups is 1. The maximum atomic E-state index is 11.9. The van der Waals surface area contributed by atoms with Crippen molar-refractivity contribution >= 4 is 5.97 Å². The highest BCUT2D eigenvalue weighted by Crippen LogP contribution is 2.34. The Morgan fingerprint density at radius 3 is 2.53 bits per heavy atom. The number of aromatic nitrogens is 2. The second-order valence-electron chi connectivity index (χ2n) is 4.29. The minimum Gasteiger partial charge on any atom is -0.409 e. The molecule has 0 amide bonds. The maximum absolute atomic E-state index is 11.9. The summed E-state index contributed by atoms with van der Waals surface area (Å²) < 4.78 is 4.93. The van der Waals surface area contributed by atoms with Gasteiger partial charge in [0.1, 0.15) is 0 Å². The van der Waals surface area contributed by atoms with E-state index >= 15 is 0 Å². The molecule has 1 aromatic carbocycles. The molecule has 2 heterocycles. The average molecular weight is 258 g/mol. The standard InChI is InChI=1S/C13H10N2O4/c16-9-6-8(7-4-2-1-3-5-7)10-11(17)14-13(18)15-12(10)19-9/h1-5,8H,6H2,(H2,14,15,17,18). The topological polar surface area (TPSA) is 92.0 Å². The Morgan fingerprint density at radius 1 is 1.05 bits per heavy atom. The fourth-order valence-electron chi connectivity index (χ4n) is 2.27. The molecule has 2 aromatic rings. The van der Waals surface area contributed by atoms with Gasteiger partial charge in [-0.2, -0.15) is 0 Å². The SMILES string of the molecule is O=C1CC(c2ccccc2)c2c([nH]c(=O)[nH]c2=O)O1. The van der Waals surface area contributed by atoms with E-state index in [1.807, 2.05) is 30.3 Å². The molecule has 1 unspecified atom stereocenters. The molecular formula is C13H10N2O4. The van der Waals surface area contributed by atoms with Crippen molar-refractivity contribution in [3.05, 3.63) is 62.3 Å². The largest absolute Gasteiger partial charge is 0.409 e. The van der Waals surface area contributed by atoms with Crippen LogP contribution in [0.15, 0.2) is 39.9 Å². The number of benzene rings is 1. The number of H-pyrrole nitrogens is 2. The second kappa shape index (κ2) is 4.24. The lowest BCUT2D eigenvalue weighted by Gasteiger charge is -2.22. The fraction of sp³-hybridized carbons (Fsp3) is 0.154. The van der Waals surface area contributed by atoms with Crippen molar-refractivity contribution in [3.63, 3.8) is 0 Å². The number of carbonyl (C=O) groups excluding carboxylic acids is 1. The number of nitrogens with one attached hydrogen (secondary N) is 2. The summed E-state index contributed by atoms with van der Waals surface area (Å²) >= 11 is 0. The average Bonchev–Trinajstić information content (AvgIpc) is 2.38. The number of hydrogen-bond donors (Lipinski definition) is 2. The molecule has 0 spiro atoms. The van der Waals surface area contributed by atoms with Crippen LogP contribution < -0.4 is 16.0 Å². The minimum atomic E-state index is -0.690. The van der Waals surface area contributed by atoms with Gasteiger partial charge in [0.15, 0.2) is 0 Å². The number of esters is 1. The molecule has 0 fully saturated rings. The van der Waals surface area contributed by atoms with Gasteiger partial charge >= 0.3 is 11.7 Å². The van der Waals surface area contributed by atoms with Crippen LogP contribution in [0.4, 0.5) is 0 Å². The third-order valence-electron chi connectivity index (χ3n) is 3.08. The Kier molecular flexibility index (Phi) is 2.56. The van der Waals surface area contributed by atoms with Crippen LogP contribution in [0, 0.1) is 0 Å². The van der Waals surface area contributed by atoms with E-state index in [1.165, 1.54) is 0 Å². The maximum Gasteiger partial charge on any atom is 0.328 e. The van der Waals surface area contributed by atoms with Crippen LogP contribution in [0.2, 0.25) is 0 Å². The first-order valence-electron chi connectivity index (χ1n) is 5.77. The minimum absolute atomic E-state index is 0.0566. The number of aromatic amines is 2. The Hall–Kier alpha value is -2.63. The monoisotopic (exact) mass is 258 g/mol. The van der Waals surface area contributed by atoms with Crippen molar-refractivity contribution in [2.75, 3.05) is 0 Å². The van der Waals surface area contributed by atoms with Crippen LogP contribution in [0.25, 0.3) is 0 Å². The van der Waals surface area contributed by atoms with Crippen LogP contribution in [0.3, 0.4) is 0 Å². The molecule has 6 nitrogen and oxygen atoms in total. The van der Waals surface area contributed by atoms with E-state index in [4.69, 9.17) is 4.74 Å². The molecule has 0 saturated heterocycles. The highest BCUT2D eigenvalue weighted by molar-refractivity contribution is 5.76. The van der Waals surface area contributed by atoms with Gasteiger partial charge in [0.2, 0.25) is 5.88 Å². The highest BCUT2D eigenvalue weighted by Gasteiger charge is 2.31. The van der Waals surface area contributed by atoms with Crippen molar-refractivity contribution in [1.29, 1.82) is 0 Å². The Morgan fingerprint density at radius 2 is 1.79 bits per heavy atom. The lowest BCUT2D eigenvalue weighted by molar-refractivity contribution is -0.136. The third kappa shape index (κ3) is 1.97. The molecule has 0 aliphatic carbocycles. The van der Waals surface area contributed by atoms with Crippen molar-refractivity contribution in [1.82, 2.24) is 9.97 Å². The third-order valence-corrected chi connectivity index (χ3v) is 3.08. The summed E-state index contributed by atoms with van der Waals surface area (Å²) in [6.45, 7) is 0. The molecule has 1 atom stereocenters. The second-order valence-corrected chi connectivity index (χ2v) is 4.29. The first-order chi connectivity index (χ1) is 9.15. The van der Waals surface area contributed by atoms with Gasteiger partial charge in [-0.15, -0.1) is 0 Å². The van der Waals surface area contributed by atoms with Crippen LogP contribution in [-0.4, -0.2) is 15.9 Å². The van der Waals surface area contributed by atoms with E-state index in [0.29, 0.717) is 0 Å². The first-order valence-corrected chi connectivity index (χ1v) is 5.77. The van der Waals surface area contributed by atoms with Gasteiger partial charge in [0, 0.05) is 5.92 Å². The fourth-order valence-corrected chi connectivity index (χ4v) is 2.27. The van der Waals surface area contributed by atoms with Crippen molar-refractivity contribution in [3.8, 4) is 5.88 Å². The van der Waals surface area contributed by atoms with Gasteiger partial charge < -0.3 is 4.74 Å². The molecule has 2 N–H and O–H groups in total. The van der Waals surface area contributed by atoms with E-state index in [2.05, 4.69) is 9.97 Å². The Labute approximate surface area is 107 Å². The zero-order valence-electron chi connectivity index (χ0n) is 9.80. The summed E-state index contributed by atoms with van der Waals surface area (Å²) in [4.78, 5) is 39.2.